The maximum atomic E-state index is 13.3. The van der Waals surface area contributed by atoms with Crippen LogP contribution >= 0.6 is 0 Å². The Hall–Kier alpha value is -1.71. The molecular formula is C10H8F2N2. The number of hydrogen-bond donors (Lipinski definition) is 0. The SMILES string of the molecule is C=CC(F)(F)n1cnc2ccccc21. The second-order valence-corrected chi connectivity index (χ2v) is 2.90. The molecule has 1 aromatic carbocycles. The lowest BCUT2D eigenvalue weighted by Gasteiger charge is -2.13. The molecule has 0 aliphatic rings. The normalized spacial score (nSPS) is 11.9. The van der Waals surface area contributed by atoms with Crippen molar-refractivity contribution in [1.29, 1.82) is 0 Å². The molecule has 4 heteroatoms. The van der Waals surface area contributed by atoms with Crippen LogP contribution in [0.3, 0.4) is 0 Å². The molecule has 0 aliphatic carbocycles. The van der Waals surface area contributed by atoms with Gasteiger partial charge in [-0.3, -0.25) is 4.57 Å². The highest BCUT2D eigenvalue weighted by Crippen LogP contribution is 2.26. The zero-order valence-corrected chi connectivity index (χ0v) is 7.32. The van der Waals surface area contributed by atoms with Crippen LogP contribution in [0.2, 0.25) is 0 Å². The van der Waals surface area contributed by atoms with E-state index in [1.807, 2.05) is 0 Å². The number of allylic oxidation sites excluding steroid dienone is 1. The fourth-order valence-corrected chi connectivity index (χ4v) is 1.30. The third kappa shape index (κ3) is 1.19. The van der Waals surface area contributed by atoms with Gasteiger partial charge in [0.25, 0.3) is 0 Å². The first-order chi connectivity index (χ1) is 6.65. The van der Waals surface area contributed by atoms with Gasteiger partial charge in [-0.25, -0.2) is 4.98 Å². The molecule has 14 heavy (non-hydrogen) atoms. The molecule has 72 valence electrons. The number of alkyl halides is 2. The van der Waals surface area contributed by atoms with E-state index in [9.17, 15) is 8.78 Å². The lowest BCUT2D eigenvalue weighted by Crippen LogP contribution is -2.18. The summed E-state index contributed by atoms with van der Waals surface area (Å²) in [5.74, 6) is 0. The number of imidazole rings is 1. The number of halogens is 2. The topological polar surface area (TPSA) is 17.8 Å². The van der Waals surface area contributed by atoms with E-state index in [1.165, 1.54) is 0 Å². The minimum absolute atomic E-state index is 0.400. The molecule has 1 aromatic heterocycles. The summed E-state index contributed by atoms with van der Waals surface area (Å²) in [5.41, 5.74) is 0.950. The lowest BCUT2D eigenvalue weighted by molar-refractivity contribution is -0.0234. The highest BCUT2D eigenvalue weighted by atomic mass is 19.3. The van der Waals surface area contributed by atoms with E-state index in [4.69, 9.17) is 0 Å². The second kappa shape index (κ2) is 2.90. The fraction of sp³-hybridized carbons (Fsp3) is 0.100. The second-order valence-electron chi connectivity index (χ2n) is 2.90. The number of benzene rings is 1. The molecule has 0 radical (unpaired) electrons. The van der Waals surface area contributed by atoms with Gasteiger partial charge in [0, 0.05) is 6.08 Å². The van der Waals surface area contributed by atoms with Crippen molar-refractivity contribution in [1.82, 2.24) is 9.55 Å². The molecule has 0 atom stereocenters. The Kier molecular flexibility index (Phi) is 1.84. The average Bonchev–Trinajstić information content (AvgIpc) is 2.61. The van der Waals surface area contributed by atoms with Gasteiger partial charge in [0.05, 0.1) is 11.0 Å². The van der Waals surface area contributed by atoms with Crippen molar-refractivity contribution >= 4 is 11.0 Å². The fourth-order valence-electron chi connectivity index (χ4n) is 1.30. The Morgan fingerprint density at radius 3 is 2.79 bits per heavy atom. The molecule has 1 heterocycles. The zero-order chi connectivity index (χ0) is 10.2. The first kappa shape index (κ1) is 8.87. The number of aromatic nitrogens is 2. The molecule has 0 aliphatic heterocycles. The van der Waals surface area contributed by atoms with Crippen molar-refractivity contribution in [2.75, 3.05) is 0 Å². The van der Waals surface area contributed by atoms with Gasteiger partial charge in [-0.1, -0.05) is 18.7 Å². The van der Waals surface area contributed by atoms with Crippen LogP contribution in [0, 0.1) is 0 Å². The summed E-state index contributed by atoms with van der Waals surface area (Å²) < 4.78 is 27.3. The number of para-hydroxylation sites is 2. The quantitative estimate of drug-likeness (QED) is 0.672. The van der Waals surface area contributed by atoms with Gasteiger partial charge in [0.1, 0.15) is 6.33 Å². The molecule has 2 rings (SSSR count). The highest BCUT2D eigenvalue weighted by molar-refractivity contribution is 5.75. The Labute approximate surface area is 79.5 Å². The Balaban J connectivity index is 2.70. The number of fused-ring (bicyclic) bond motifs is 1. The summed E-state index contributed by atoms with van der Waals surface area (Å²) >= 11 is 0. The monoisotopic (exact) mass is 194 g/mol. The summed E-state index contributed by atoms with van der Waals surface area (Å²) in [7, 11) is 0. The van der Waals surface area contributed by atoms with E-state index in [-0.39, 0.29) is 0 Å². The minimum Gasteiger partial charge on any atom is -0.267 e. The van der Waals surface area contributed by atoms with Crippen molar-refractivity contribution in [3.8, 4) is 0 Å². The van der Waals surface area contributed by atoms with Gasteiger partial charge in [-0.2, -0.15) is 8.78 Å². The molecular weight excluding hydrogens is 186 g/mol. The lowest BCUT2D eigenvalue weighted by atomic mass is 10.3. The third-order valence-corrected chi connectivity index (χ3v) is 2.02. The van der Waals surface area contributed by atoms with E-state index >= 15 is 0 Å². The predicted molar refractivity (Wildman–Crippen MR) is 50.1 cm³/mol. The van der Waals surface area contributed by atoms with Crippen LogP contribution in [0.15, 0.2) is 43.2 Å². The van der Waals surface area contributed by atoms with E-state index in [0.29, 0.717) is 17.1 Å². The Morgan fingerprint density at radius 1 is 1.36 bits per heavy atom. The van der Waals surface area contributed by atoms with Gasteiger partial charge in [-0.15, -0.1) is 0 Å². The van der Waals surface area contributed by atoms with Crippen molar-refractivity contribution in [2.45, 2.75) is 6.05 Å². The van der Waals surface area contributed by atoms with Gasteiger partial charge in [0.2, 0.25) is 0 Å². The average molecular weight is 194 g/mol. The van der Waals surface area contributed by atoms with Crippen LogP contribution in [-0.4, -0.2) is 9.55 Å². The van der Waals surface area contributed by atoms with Crippen LogP contribution in [0.1, 0.15) is 0 Å². The molecule has 0 N–H and O–H groups in total. The molecule has 2 nitrogen and oxygen atoms in total. The Bertz CT molecular complexity index is 474. The number of nitrogens with zero attached hydrogens (tertiary/aromatic N) is 2. The summed E-state index contributed by atoms with van der Waals surface area (Å²) in [6, 6.07) is 3.65. The van der Waals surface area contributed by atoms with Gasteiger partial charge < -0.3 is 0 Å². The van der Waals surface area contributed by atoms with E-state index in [2.05, 4.69) is 11.6 Å². The summed E-state index contributed by atoms with van der Waals surface area (Å²) in [4.78, 5) is 3.87. The predicted octanol–water partition coefficient (Wildman–Crippen LogP) is 2.77. The summed E-state index contributed by atoms with van der Waals surface area (Å²) in [6.07, 6.45) is 1.72. The molecule has 0 bridgehead atoms. The van der Waals surface area contributed by atoms with Crippen molar-refractivity contribution in [2.24, 2.45) is 0 Å². The molecule has 0 spiro atoms. The molecule has 0 saturated heterocycles. The van der Waals surface area contributed by atoms with Crippen LogP contribution in [0.4, 0.5) is 8.78 Å². The van der Waals surface area contributed by atoms with Crippen molar-refractivity contribution in [3.63, 3.8) is 0 Å². The Morgan fingerprint density at radius 2 is 2.07 bits per heavy atom. The molecule has 0 saturated carbocycles. The summed E-state index contributed by atoms with van der Waals surface area (Å²) in [5, 5.41) is 0. The minimum atomic E-state index is -3.09. The molecule has 0 amide bonds. The van der Waals surface area contributed by atoms with Gasteiger partial charge >= 0.3 is 6.05 Å². The summed E-state index contributed by atoms with van der Waals surface area (Å²) in [6.45, 7) is 3.10. The molecule has 2 aromatic rings. The van der Waals surface area contributed by atoms with Crippen LogP contribution in [0.5, 0.6) is 0 Å². The first-order valence-electron chi connectivity index (χ1n) is 4.09. The maximum absolute atomic E-state index is 13.3. The van der Waals surface area contributed by atoms with Gasteiger partial charge in [0.15, 0.2) is 0 Å². The zero-order valence-electron chi connectivity index (χ0n) is 7.32. The number of hydrogen-bond acceptors (Lipinski definition) is 1. The molecule has 0 unspecified atom stereocenters. The third-order valence-electron chi connectivity index (χ3n) is 2.02. The number of rotatable bonds is 2. The van der Waals surface area contributed by atoms with E-state index in [0.717, 1.165) is 10.9 Å². The standard InChI is InChI=1S/C10H8F2N2/c1-2-10(11,12)14-7-13-8-5-3-4-6-9(8)14/h2-7H,1H2. The first-order valence-corrected chi connectivity index (χ1v) is 4.09. The smallest absolute Gasteiger partial charge is 0.267 e. The van der Waals surface area contributed by atoms with Crippen molar-refractivity contribution in [3.05, 3.63) is 43.2 Å². The van der Waals surface area contributed by atoms with Gasteiger partial charge in [-0.05, 0) is 12.1 Å². The maximum Gasteiger partial charge on any atom is 0.350 e. The van der Waals surface area contributed by atoms with Crippen LogP contribution in [0.25, 0.3) is 11.0 Å². The van der Waals surface area contributed by atoms with E-state index in [1.54, 1.807) is 24.3 Å². The van der Waals surface area contributed by atoms with Crippen LogP contribution in [-0.2, 0) is 6.05 Å². The largest absolute Gasteiger partial charge is 0.350 e. The molecule has 0 fully saturated rings. The van der Waals surface area contributed by atoms with Crippen molar-refractivity contribution < 1.29 is 8.78 Å². The van der Waals surface area contributed by atoms with Crippen LogP contribution < -0.4 is 0 Å². The van der Waals surface area contributed by atoms with E-state index < -0.39 is 6.05 Å². The highest BCUT2D eigenvalue weighted by Gasteiger charge is 2.27.